The molecule has 0 spiro atoms. The lowest BCUT2D eigenvalue weighted by Crippen LogP contribution is -1.87. The van der Waals surface area contributed by atoms with E-state index < -0.39 is 0 Å². The van der Waals surface area contributed by atoms with Crippen LogP contribution in [-0.4, -0.2) is 0 Å². The van der Waals surface area contributed by atoms with Crippen LogP contribution in [0.5, 0.6) is 0 Å². The Morgan fingerprint density at radius 2 is 2.29 bits per heavy atom. The molecule has 0 amide bonds. The zero-order valence-electron chi connectivity index (χ0n) is 7.25. The van der Waals surface area contributed by atoms with Gasteiger partial charge in [-0.2, -0.15) is 5.26 Å². The fourth-order valence-corrected chi connectivity index (χ4v) is 3.19. The molecule has 0 radical (unpaired) electrons. The Bertz CT molecular complexity index is 525. The van der Waals surface area contributed by atoms with E-state index in [1.54, 1.807) is 11.3 Å². The highest BCUT2D eigenvalue weighted by molar-refractivity contribution is 9.08. The summed E-state index contributed by atoms with van der Waals surface area (Å²) in [5.74, 6) is 0. The van der Waals surface area contributed by atoms with Gasteiger partial charge in [0.1, 0.15) is 0 Å². The van der Waals surface area contributed by atoms with Crippen molar-refractivity contribution in [3.05, 3.63) is 28.6 Å². The molecule has 4 heteroatoms. The van der Waals surface area contributed by atoms with Crippen molar-refractivity contribution in [2.75, 3.05) is 5.73 Å². The predicted molar refractivity (Wildman–Crippen MR) is 63.6 cm³/mol. The number of fused-ring (bicyclic) bond motifs is 1. The Hall–Kier alpha value is -1.05. The number of nitrogens with two attached hydrogens (primary N) is 1. The van der Waals surface area contributed by atoms with Crippen molar-refractivity contribution in [2.24, 2.45) is 0 Å². The lowest BCUT2D eigenvalue weighted by atomic mass is 10.1. The molecule has 0 fully saturated rings. The Labute approximate surface area is 94.1 Å². The first-order valence-corrected chi connectivity index (χ1v) is 6.02. The van der Waals surface area contributed by atoms with E-state index in [9.17, 15) is 0 Å². The summed E-state index contributed by atoms with van der Waals surface area (Å²) in [5.41, 5.74) is 8.34. The SMILES string of the molecule is N#Cc1ccc2c(N)csc2c1CBr. The third-order valence-corrected chi connectivity index (χ3v) is 3.76. The fraction of sp³-hybridized carbons (Fsp3) is 0.100. The minimum Gasteiger partial charge on any atom is -0.398 e. The van der Waals surface area contributed by atoms with Crippen LogP contribution < -0.4 is 5.73 Å². The van der Waals surface area contributed by atoms with Crippen LogP contribution in [-0.2, 0) is 5.33 Å². The molecular formula is C10H7BrN2S. The van der Waals surface area contributed by atoms with Crippen LogP contribution in [0.3, 0.4) is 0 Å². The predicted octanol–water partition coefficient (Wildman–Crippen LogP) is 3.25. The van der Waals surface area contributed by atoms with Gasteiger partial charge in [-0.1, -0.05) is 22.0 Å². The number of benzene rings is 1. The van der Waals surface area contributed by atoms with Crippen molar-refractivity contribution < 1.29 is 0 Å². The summed E-state index contributed by atoms with van der Waals surface area (Å²) in [6.07, 6.45) is 0. The summed E-state index contributed by atoms with van der Waals surface area (Å²) in [6.45, 7) is 0. The maximum atomic E-state index is 8.92. The number of thiophene rings is 1. The molecule has 0 aliphatic heterocycles. The molecule has 2 nitrogen and oxygen atoms in total. The second kappa shape index (κ2) is 3.60. The number of hydrogen-bond donors (Lipinski definition) is 1. The van der Waals surface area contributed by atoms with E-state index in [1.807, 2.05) is 17.5 Å². The normalized spacial score (nSPS) is 10.3. The molecule has 0 unspecified atom stereocenters. The van der Waals surface area contributed by atoms with E-state index in [1.165, 1.54) is 0 Å². The molecule has 14 heavy (non-hydrogen) atoms. The number of nitrogen functional groups attached to an aromatic ring is 1. The third kappa shape index (κ3) is 1.29. The molecule has 0 saturated heterocycles. The highest BCUT2D eigenvalue weighted by atomic mass is 79.9. The number of hydrogen-bond acceptors (Lipinski definition) is 3. The Morgan fingerprint density at radius 3 is 2.93 bits per heavy atom. The molecule has 2 N–H and O–H groups in total. The second-order valence-corrected chi connectivity index (χ2v) is 4.35. The standard InChI is InChI=1S/C10H7BrN2S/c11-3-8-6(4-12)1-2-7-9(13)5-14-10(7)8/h1-2,5H,3,13H2. The topological polar surface area (TPSA) is 49.8 Å². The van der Waals surface area contributed by atoms with Crippen molar-refractivity contribution >= 4 is 43.0 Å². The second-order valence-electron chi connectivity index (χ2n) is 2.90. The van der Waals surface area contributed by atoms with Gasteiger partial charge in [-0.15, -0.1) is 11.3 Å². The monoisotopic (exact) mass is 266 g/mol. The summed E-state index contributed by atoms with van der Waals surface area (Å²) < 4.78 is 1.11. The maximum Gasteiger partial charge on any atom is 0.0995 e. The van der Waals surface area contributed by atoms with E-state index in [0.29, 0.717) is 5.33 Å². The molecule has 2 rings (SSSR count). The number of halogens is 1. The first-order valence-electron chi connectivity index (χ1n) is 4.02. The largest absolute Gasteiger partial charge is 0.398 e. The molecule has 70 valence electrons. The first-order chi connectivity index (χ1) is 6.77. The van der Waals surface area contributed by atoms with Crippen LogP contribution in [0.25, 0.3) is 10.1 Å². The zero-order valence-corrected chi connectivity index (χ0v) is 9.65. The smallest absolute Gasteiger partial charge is 0.0995 e. The van der Waals surface area contributed by atoms with E-state index in [2.05, 4.69) is 22.0 Å². The number of nitrogens with zero attached hydrogens (tertiary/aromatic N) is 1. The van der Waals surface area contributed by atoms with Gasteiger partial charge in [0.05, 0.1) is 17.3 Å². The van der Waals surface area contributed by atoms with Gasteiger partial charge in [0.25, 0.3) is 0 Å². The van der Waals surface area contributed by atoms with Gasteiger partial charge < -0.3 is 5.73 Å². The number of anilines is 1. The van der Waals surface area contributed by atoms with Crippen molar-refractivity contribution in [2.45, 2.75) is 5.33 Å². The average Bonchev–Trinajstić information content (AvgIpc) is 2.59. The Balaban J connectivity index is 2.86. The van der Waals surface area contributed by atoms with Crippen LogP contribution >= 0.6 is 27.3 Å². The molecule has 0 saturated carbocycles. The first kappa shape index (κ1) is 9.50. The Kier molecular flexibility index (Phi) is 2.44. The number of alkyl halides is 1. The number of rotatable bonds is 1. The van der Waals surface area contributed by atoms with E-state index in [4.69, 9.17) is 11.0 Å². The van der Waals surface area contributed by atoms with Gasteiger partial charge >= 0.3 is 0 Å². The molecule has 1 heterocycles. The highest BCUT2D eigenvalue weighted by Crippen LogP contribution is 2.33. The average molecular weight is 267 g/mol. The van der Waals surface area contributed by atoms with Crippen LogP contribution in [0.4, 0.5) is 5.69 Å². The molecule has 0 atom stereocenters. The summed E-state index contributed by atoms with van der Waals surface area (Å²) >= 11 is 4.98. The van der Waals surface area contributed by atoms with Crippen molar-refractivity contribution in [3.63, 3.8) is 0 Å². The summed E-state index contributed by atoms with van der Waals surface area (Å²) in [4.78, 5) is 0. The van der Waals surface area contributed by atoms with Crippen LogP contribution in [0.15, 0.2) is 17.5 Å². The lowest BCUT2D eigenvalue weighted by Gasteiger charge is -2.01. The van der Waals surface area contributed by atoms with Gasteiger partial charge in [-0.25, -0.2) is 0 Å². The van der Waals surface area contributed by atoms with Gasteiger partial charge in [0.2, 0.25) is 0 Å². The van der Waals surface area contributed by atoms with Gasteiger partial charge in [-0.3, -0.25) is 0 Å². The van der Waals surface area contributed by atoms with Crippen LogP contribution in [0.1, 0.15) is 11.1 Å². The van der Waals surface area contributed by atoms with Crippen molar-refractivity contribution in [1.29, 1.82) is 5.26 Å². The quantitative estimate of drug-likeness (QED) is 0.806. The highest BCUT2D eigenvalue weighted by Gasteiger charge is 2.09. The Morgan fingerprint density at radius 1 is 1.50 bits per heavy atom. The lowest BCUT2D eigenvalue weighted by molar-refractivity contribution is 1.42. The summed E-state index contributed by atoms with van der Waals surface area (Å²) in [7, 11) is 0. The van der Waals surface area contributed by atoms with E-state index >= 15 is 0 Å². The fourth-order valence-electron chi connectivity index (χ4n) is 1.41. The summed E-state index contributed by atoms with van der Waals surface area (Å²) in [5, 5.41) is 12.6. The van der Waals surface area contributed by atoms with Crippen LogP contribution in [0.2, 0.25) is 0 Å². The third-order valence-electron chi connectivity index (χ3n) is 2.13. The van der Waals surface area contributed by atoms with Gasteiger partial charge in [0.15, 0.2) is 0 Å². The summed E-state index contributed by atoms with van der Waals surface area (Å²) in [6, 6.07) is 5.91. The molecule has 0 aliphatic carbocycles. The van der Waals surface area contributed by atoms with Crippen molar-refractivity contribution in [3.8, 4) is 6.07 Å². The minimum absolute atomic E-state index is 0.688. The molecule has 1 aromatic carbocycles. The molecular weight excluding hydrogens is 260 g/mol. The maximum absolute atomic E-state index is 8.92. The number of nitriles is 1. The van der Waals surface area contributed by atoms with Gasteiger partial charge in [0, 0.05) is 20.8 Å². The van der Waals surface area contributed by atoms with Crippen LogP contribution in [0, 0.1) is 11.3 Å². The minimum atomic E-state index is 0.688. The van der Waals surface area contributed by atoms with E-state index in [0.717, 1.165) is 26.9 Å². The molecule has 0 aliphatic rings. The van der Waals surface area contributed by atoms with Gasteiger partial charge in [-0.05, 0) is 11.6 Å². The van der Waals surface area contributed by atoms with E-state index in [-0.39, 0.29) is 0 Å². The zero-order chi connectivity index (χ0) is 10.1. The molecule has 2 aromatic rings. The van der Waals surface area contributed by atoms with Crippen molar-refractivity contribution in [1.82, 2.24) is 0 Å². The molecule has 0 bridgehead atoms. The molecule has 1 aromatic heterocycles.